The first-order chi connectivity index (χ1) is 22.0. The maximum Gasteiger partial charge on any atom is 0.240 e. The van der Waals surface area contributed by atoms with E-state index in [1.165, 1.54) is 11.8 Å². The largest absolute Gasteiger partial charge is 0.497 e. The predicted molar refractivity (Wildman–Crippen MR) is 174 cm³/mol. The molecule has 11 heteroatoms. The third-order valence-corrected chi connectivity index (χ3v) is 9.27. The molecule has 3 heterocycles. The molecule has 6 rings (SSSR count). The molecule has 0 saturated carbocycles. The van der Waals surface area contributed by atoms with Gasteiger partial charge in [-0.3, -0.25) is 14.5 Å². The number of thioether (sulfide) groups is 1. The first-order valence-electron chi connectivity index (χ1n) is 14.9. The fourth-order valence-electron chi connectivity index (χ4n) is 5.74. The molecule has 10 nitrogen and oxygen atoms in total. The maximum atomic E-state index is 14.0. The lowest BCUT2D eigenvalue weighted by Crippen LogP contribution is -2.44. The number of hydrogen-bond acceptors (Lipinski definition) is 8. The number of benzene rings is 3. The van der Waals surface area contributed by atoms with E-state index in [1.807, 2.05) is 72.8 Å². The summed E-state index contributed by atoms with van der Waals surface area (Å²) in [6, 6.07) is 23.2. The van der Waals surface area contributed by atoms with Gasteiger partial charge in [-0.25, -0.2) is 4.68 Å². The van der Waals surface area contributed by atoms with E-state index in [2.05, 4.69) is 5.32 Å². The monoisotopic (exact) mass is 628 g/mol. The van der Waals surface area contributed by atoms with Crippen LogP contribution in [0.2, 0.25) is 0 Å². The topological polar surface area (TPSA) is 104 Å². The van der Waals surface area contributed by atoms with Gasteiger partial charge < -0.3 is 24.3 Å². The molecule has 2 aliphatic rings. The van der Waals surface area contributed by atoms with Crippen molar-refractivity contribution < 1.29 is 28.5 Å². The van der Waals surface area contributed by atoms with Crippen LogP contribution in [0.3, 0.4) is 0 Å². The van der Waals surface area contributed by atoms with Crippen LogP contribution in [0.15, 0.2) is 72.8 Å². The molecule has 1 aromatic heterocycles. The second-order valence-corrected chi connectivity index (χ2v) is 11.9. The predicted octanol–water partition coefficient (Wildman–Crippen LogP) is 5.03. The zero-order valence-electron chi connectivity index (χ0n) is 25.5. The van der Waals surface area contributed by atoms with Crippen molar-refractivity contribution in [2.75, 3.05) is 51.7 Å². The van der Waals surface area contributed by atoms with Crippen LogP contribution in [-0.2, 0) is 14.3 Å². The van der Waals surface area contributed by atoms with Crippen LogP contribution in [0.4, 0.5) is 5.82 Å². The Hall–Kier alpha value is -4.48. The van der Waals surface area contributed by atoms with Gasteiger partial charge in [0.1, 0.15) is 18.1 Å². The van der Waals surface area contributed by atoms with Gasteiger partial charge in [-0.05, 0) is 54.8 Å². The van der Waals surface area contributed by atoms with Crippen molar-refractivity contribution in [3.05, 3.63) is 83.9 Å². The summed E-state index contributed by atoms with van der Waals surface area (Å²) in [5, 5.41) is 7.82. The summed E-state index contributed by atoms with van der Waals surface area (Å²) in [4.78, 5) is 29.0. The number of nitrogens with zero attached hydrogens (tertiary/aromatic N) is 3. The fourth-order valence-corrected chi connectivity index (χ4v) is 6.93. The van der Waals surface area contributed by atoms with Crippen molar-refractivity contribution in [2.45, 2.75) is 24.2 Å². The average molecular weight is 629 g/mol. The van der Waals surface area contributed by atoms with Crippen molar-refractivity contribution in [2.24, 2.45) is 0 Å². The Morgan fingerprint density at radius 2 is 1.78 bits per heavy atom. The van der Waals surface area contributed by atoms with E-state index in [0.717, 1.165) is 35.2 Å². The molecule has 1 fully saturated rings. The second-order valence-electron chi connectivity index (χ2n) is 10.8. The van der Waals surface area contributed by atoms with Crippen LogP contribution < -0.4 is 24.4 Å². The molecule has 0 aliphatic carbocycles. The Kier molecular flexibility index (Phi) is 9.27. The minimum Gasteiger partial charge on any atom is -0.497 e. The first kappa shape index (κ1) is 30.5. The average Bonchev–Trinajstić information content (AvgIpc) is 3.72. The Balaban J connectivity index is 1.53. The summed E-state index contributed by atoms with van der Waals surface area (Å²) in [6.45, 7) is 0.949. The summed E-state index contributed by atoms with van der Waals surface area (Å²) >= 11 is 1.50. The van der Waals surface area contributed by atoms with Crippen LogP contribution in [0.1, 0.15) is 29.2 Å². The molecule has 45 heavy (non-hydrogen) atoms. The first-order valence-corrected chi connectivity index (χ1v) is 15.9. The summed E-state index contributed by atoms with van der Waals surface area (Å²) in [7, 11) is 4.82. The quantitative estimate of drug-likeness (QED) is 0.261. The molecule has 0 spiro atoms. The van der Waals surface area contributed by atoms with Gasteiger partial charge in [0.2, 0.25) is 11.8 Å². The number of anilines is 1. The number of nitrogens with one attached hydrogen (secondary N) is 1. The van der Waals surface area contributed by atoms with Crippen molar-refractivity contribution in [1.82, 2.24) is 15.1 Å². The number of aromatic nitrogens is 2. The molecule has 0 bridgehead atoms. The lowest BCUT2D eigenvalue weighted by Gasteiger charge is -2.24. The molecule has 2 amide bonds. The van der Waals surface area contributed by atoms with Gasteiger partial charge in [0.15, 0.2) is 11.5 Å². The van der Waals surface area contributed by atoms with E-state index in [9.17, 15) is 9.59 Å². The van der Waals surface area contributed by atoms with Crippen molar-refractivity contribution >= 4 is 29.4 Å². The maximum absolute atomic E-state index is 14.0. The fraction of sp³-hybridized carbons (Fsp3) is 0.324. The molecule has 1 saturated heterocycles. The van der Waals surface area contributed by atoms with E-state index < -0.39 is 0 Å². The number of hydrogen-bond donors (Lipinski definition) is 1. The Morgan fingerprint density at radius 3 is 2.47 bits per heavy atom. The highest BCUT2D eigenvalue weighted by molar-refractivity contribution is 8.00. The standard InChI is InChI=1S/C34H36N4O6S/c1-41-25-14-12-24(13-15-25)38-34-31(32(36-38)22-8-5-4-6-9-22)33(23-11-16-27(42-2)28(18-23)43-3)45-21-30(40)37(34)20-29(39)35-19-26-10-7-17-44-26/h4-6,8-9,11-16,18,26,33H,7,10,17,19-21H2,1-3H3,(H,35,39). The molecular weight excluding hydrogens is 592 g/mol. The number of carbonyl (C=O) groups excluding carboxylic acids is 2. The highest BCUT2D eigenvalue weighted by Crippen LogP contribution is 2.49. The Morgan fingerprint density at radius 1 is 1.00 bits per heavy atom. The second kappa shape index (κ2) is 13.7. The van der Waals surface area contributed by atoms with Crippen LogP contribution in [-0.4, -0.2) is 74.5 Å². The molecule has 234 valence electrons. The third-order valence-electron chi connectivity index (χ3n) is 8.02. The van der Waals surface area contributed by atoms with E-state index in [0.29, 0.717) is 41.9 Å². The molecule has 0 radical (unpaired) electrons. The Bertz CT molecular complexity index is 1650. The van der Waals surface area contributed by atoms with Crippen molar-refractivity contribution in [1.29, 1.82) is 0 Å². The van der Waals surface area contributed by atoms with Crippen LogP contribution in [0.25, 0.3) is 16.9 Å². The van der Waals surface area contributed by atoms with Gasteiger partial charge in [-0.2, -0.15) is 5.10 Å². The normalized spacial score (nSPS) is 17.8. The van der Waals surface area contributed by atoms with Crippen LogP contribution >= 0.6 is 11.8 Å². The SMILES string of the molecule is COc1ccc(-n2nc(-c3ccccc3)c3c2N(CC(=O)NCC2CCCO2)C(=O)CSC3c2ccc(OC)c(OC)c2)cc1. The number of rotatable bonds is 10. The van der Waals surface area contributed by atoms with Gasteiger partial charge in [-0.15, -0.1) is 11.8 Å². The summed E-state index contributed by atoms with van der Waals surface area (Å²) < 4.78 is 24.0. The lowest BCUT2D eigenvalue weighted by atomic mass is 9.99. The summed E-state index contributed by atoms with van der Waals surface area (Å²) in [5.74, 6) is 2.14. The van der Waals surface area contributed by atoms with Gasteiger partial charge >= 0.3 is 0 Å². The number of amides is 2. The summed E-state index contributed by atoms with van der Waals surface area (Å²) in [6.07, 6.45) is 1.87. The highest BCUT2D eigenvalue weighted by Gasteiger charge is 2.38. The van der Waals surface area contributed by atoms with Gasteiger partial charge in [0.25, 0.3) is 0 Å². The number of fused-ring (bicyclic) bond motifs is 1. The highest BCUT2D eigenvalue weighted by atomic mass is 32.2. The molecule has 2 atom stereocenters. The van der Waals surface area contributed by atoms with Crippen molar-refractivity contribution in [3.8, 4) is 34.2 Å². The minimum atomic E-state index is -0.314. The van der Waals surface area contributed by atoms with Gasteiger partial charge in [0.05, 0.1) is 49.8 Å². The molecule has 4 aromatic rings. The number of ether oxygens (including phenoxy) is 4. The van der Waals surface area contributed by atoms with E-state index in [1.54, 1.807) is 30.9 Å². The van der Waals surface area contributed by atoms with Crippen LogP contribution in [0.5, 0.6) is 17.2 Å². The zero-order valence-corrected chi connectivity index (χ0v) is 26.3. The Labute approximate surface area is 266 Å². The van der Waals surface area contributed by atoms with Gasteiger partial charge in [-0.1, -0.05) is 36.4 Å². The zero-order chi connectivity index (χ0) is 31.3. The van der Waals surface area contributed by atoms with Gasteiger partial charge in [0, 0.05) is 24.3 Å². The van der Waals surface area contributed by atoms with Crippen LogP contribution in [0, 0.1) is 0 Å². The molecule has 3 aromatic carbocycles. The lowest BCUT2D eigenvalue weighted by molar-refractivity contribution is -0.123. The van der Waals surface area contributed by atoms with E-state index in [4.69, 9.17) is 24.0 Å². The third kappa shape index (κ3) is 6.36. The van der Waals surface area contributed by atoms with E-state index in [-0.39, 0.29) is 35.5 Å². The molecule has 2 aliphatic heterocycles. The number of carbonyl (C=O) groups is 2. The smallest absolute Gasteiger partial charge is 0.240 e. The van der Waals surface area contributed by atoms with E-state index >= 15 is 0 Å². The molecule has 2 unspecified atom stereocenters. The summed E-state index contributed by atoms with van der Waals surface area (Å²) in [5.41, 5.74) is 4.08. The van der Waals surface area contributed by atoms with Crippen molar-refractivity contribution in [3.63, 3.8) is 0 Å². The molecule has 1 N–H and O–H groups in total. The number of methoxy groups -OCH3 is 3. The molecular formula is C34H36N4O6S. The minimum absolute atomic E-state index is 0.0103.